The largest absolute Gasteiger partial charge is 0.493 e. The van der Waals surface area contributed by atoms with Gasteiger partial charge in [0, 0.05) is 18.4 Å². The van der Waals surface area contributed by atoms with Gasteiger partial charge < -0.3 is 9.30 Å². The minimum Gasteiger partial charge on any atom is -0.493 e. The second kappa shape index (κ2) is 7.33. The summed E-state index contributed by atoms with van der Waals surface area (Å²) in [6, 6.07) is 18.1. The number of thioether (sulfide) groups is 1. The SMILES string of the molecule is Cc1cccc(-c2nnc(SCCOc3ccccc3)n2C)c1. The Morgan fingerprint density at radius 1 is 1.04 bits per heavy atom. The van der Waals surface area contributed by atoms with Crippen molar-refractivity contribution < 1.29 is 4.74 Å². The van der Waals surface area contributed by atoms with Crippen molar-refractivity contribution in [3.63, 3.8) is 0 Å². The predicted molar refractivity (Wildman–Crippen MR) is 93.8 cm³/mol. The molecule has 0 unspecified atom stereocenters. The fraction of sp³-hybridized carbons (Fsp3) is 0.222. The van der Waals surface area contributed by atoms with E-state index in [1.54, 1.807) is 11.8 Å². The van der Waals surface area contributed by atoms with Crippen LogP contribution in [0, 0.1) is 6.92 Å². The van der Waals surface area contributed by atoms with Gasteiger partial charge in [-0.15, -0.1) is 10.2 Å². The monoisotopic (exact) mass is 325 g/mol. The maximum atomic E-state index is 5.70. The number of ether oxygens (including phenoxy) is 1. The van der Waals surface area contributed by atoms with Crippen molar-refractivity contribution in [3.05, 3.63) is 60.2 Å². The number of aromatic nitrogens is 3. The molecule has 0 fully saturated rings. The van der Waals surface area contributed by atoms with E-state index in [0.717, 1.165) is 28.0 Å². The second-order valence-electron chi connectivity index (χ2n) is 5.24. The Morgan fingerprint density at radius 3 is 2.65 bits per heavy atom. The van der Waals surface area contributed by atoms with E-state index in [1.165, 1.54) is 5.56 Å². The van der Waals surface area contributed by atoms with Crippen molar-refractivity contribution in [2.45, 2.75) is 12.1 Å². The highest BCUT2D eigenvalue weighted by molar-refractivity contribution is 7.99. The fourth-order valence-corrected chi connectivity index (χ4v) is 3.01. The molecule has 1 aromatic heterocycles. The van der Waals surface area contributed by atoms with Crippen LogP contribution in [0.3, 0.4) is 0 Å². The van der Waals surface area contributed by atoms with Gasteiger partial charge in [-0.05, 0) is 25.1 Å². The molecule has 2 aromatic carbocycles. The molecule has 0 aliphatic carbocycles. The number of para-hydroxylation sites is 1. The maximum Gasteiger partial charge on any atom is 0.191 e. The van der Waals surface area contributed by atoms with Gasteiger partial charge in [0.25, 0.3) is 0 Å². The second-order valence-corrected chi connectivity index (χ2v) is 6.31. The van der Waals surface area contributed by atoms with Crippen LogP contribution in [-0.4, -0.2) is 27.1 Å². The molecular weight excluding hydrogens is 306 g/mol. The topological polar surface area (TPSA) is 39.9 Å². The van der Waals surface area contributed by atoms with E-state index in [4.69, 9.17) is 4.74 Å². The van der Waals surface area contributed by atoms with E-state index in [1.807, 2.05) is 48.0 Å². The van der Waals surface area contributed by atoms with E-state index < -0.39 is 0 Å². The Bertz CT molecular complexity index is 771. The molecule has 118 valence electrons. The molecule has 0 saturated heterocycles. The number of hydrogen-bond donors (Lipinski definition) is 0. The zero-order chi connectivity index (χ0) is 16.1. The summed E-state index contributed by atoms with van der Waals surface area (Å²) in [7, 11) is 2.00. The van der Waals surface area contributed by atoms with E-state index in [9.17, 15) is 0 Å². The molecule has 3 rings (SSSR count). The summed E-state index contributed by atoms with van der Waals surface area (Å²) in [6.07, 6.45) is 0. The first kappa shape index (κ1) is 15.6. The van der Waals surface area contributed by atoms with Gasteiger partial charge in [-0.25, -0.2) is 0 Å². The molecule has 1 heterocycles. The van der Waals surface area contributed by atoms with Crippen LogP contribution in [0.25, 0.3) is 11.4 Å². The number of nitrogens with zero attached hydrogens (tertiary/aromatic N) is 3. The molecule has 0 radical (unpaired) electrons. The summed E-state index contributed by atoms with van der Waals surface area (Å²) >= 11 is 1.65. The van der Waals surface area contributed by atoms with Crippen molar-refractivity contribution in [3.8, 4) is 17.1 Å². The van der Waals surface area contributed by atoms with Crippen LogP contribution in [0.5, 0.6) is 5.75 Å². The first-order valence-electron chi connectivity index (χ1n) is 7.51. The summed E-state index contributed by atoms with van der Waals surface area (Å²) in [5, 5.41) is 9.50. The van der Waals surface area contributed by atoms with Crippen molar-refractivity contribution in [2.24, 2.45) is 7.05 Å². The van der Waals surface area contributed by atoms with Gasteiger partial charge in [0.1, 0.15) is 5.75 Å². The molecule has 0 spiro atoms. The van der Waals surface area contributed by atoms with Crippen LogP contribution in [0.2, 0.25) is 0 Å². The molecule has 23 heavy (non-hydrogen) atoms. The van der Waals surface area contributed by atoms with Gasteiger partial charge in [0.2, 0.25) is 0 Å². The summed E-state index contributed by atoms with van der Waals surface area (Å²) in [5.74, 6) is 2.61. The zero-order valence-electron chi connectivity index (χ0n) is 13.3. The standard InChI is InChI=1S/C18H19N3OS/c1-14-7-6-8-15(13-14)17-19-20-18(21(17)2)23-12-11-22-16-9-4-3-5-10-16/h3-10,13H,11-12H2,1-2H3. The smallest absolute Gasteiger partial charge is 0.191 e. The lowest BCUT2D eigenvalue weighted by molar-refractivity contribution is 0.344. The highest BCUT2D eigenvalue weighted by atomic mass is 32.2. The van der Waals surface area contributed by atoms with Gasteiger partial charge in [-0.3, -0.25) is 0 Å². The third kappa shape index (κ3) is 3.93. The third-order valence-electron chi connectivity index (χ3n) is 3.44. The molecule has 0 aliphatic rings. The lowest BCUT2D eigenvalue weighted by atomic mass is 10.1. The van der Waals surface area contributed by atoms with Gasteiger partial charge in [0.15, 0.2) is 11.0 Å². The van der Waals surface area contributed by atoms with E-state index in [-0.39, 0.29) is 0 Å². The van der Waals surface area contributed by atoms with Crippen molar-refractivity contribution in [2.75, 3.05) is 12.4 Å². The van der Waals surface area contributed by atoms with Gasteiger partial charge in [-0.1, -0.05) is 53.7 Å². The Hall–Kier alpha value is -2.27. The number of aryl methyl sites for hydroxylation is 1. The van der Waals surface area contributed by atoms with Crippen molar-refractivity contribution >= 4 is 11.8 Å². The molecule has 0 bridgehead atoms. The molecule has 0 amide bonds. The maximum absolute atomic E-state index is 5.70. The minimum absolute atomic E-state index is 0.640. The molecule has 0 atom stereocenters. The quantitative estimate of drug-likeness (QED) is 0.508. The van der Waals surface area contributed by atoms with Crippen LogP contribution in [0.1, 0.15) is 5.56 Å². The van der Waals surface area contributed by atoms with Gasteiger partial charge >= 0.3 is 0 Å². The molecule has 3 aromatic rings. The van der Waals surface area contributed by atoms with Crippen molar-refractivity contribution in [1.29, 1.82) is 0 Å². The average molecular weight is 325 g/mol. The number of hydrogen-bond acceptors (Lipinski definition) is 4. The minimum atomic E-state index is 0.640. The molecule has 0 saturated carbocycles. The first-order chi connectivity index (χ1) is 11.2. The van der Waals surface area contributed by atoms with E-state index in [2.05, 4.69) is 35.3 Å². The van der Waals surface area contributed by atoms with Crippen molar-refractivity contribution in [1.82, 2.24) is 14.8 Å². The highest BCUT2D eigenvalue weighted by Crippen LogP contribution is 2.23. The summed E-state index contributed by atoms with van der Waals surface area (Å²) in [6.45, 7) is 2.72. The average Bonchev–Trinajstić information content (AvgIpc) is 2.93. The van der Waals surface area contributed by atoms with Gasteiger partial charge in [0.05, 0.1) is 6.61 Å². The van der Waals surface area contributed by atoms with Crippen LogP contribution >= 0.6 is 11.8 Å². The number of rotatable bonds is 6. The Morgan fingerprint density at radius 2 is 1.87 bits per heavy atom. The van der Waals surface area contributed by atoms with Crippen LogP contribution in [0.4, 0.5) is 0 Å². The Labute approximate surface area is 140 Å². The lowest BCUT2D eigenvalue weighted by Gasteiger charge is -2.06. The number of benzene rings is 2. The molecule has 0 aliphatic heterocycles. The van der Waals surface area contributed by atoms with E-state index in [0.29, 0.717) is 6.61 Å². The molecule has 4 nitrogen and oxygen atoms in total. The molecule has 5 heteroatoms. The Kier molecular flexibility index (Phi) is 4.98. The predicted octanol–water partition coefficient (Wildman–Crippen LogP) is 3.96. The third-order valence-corrected chi connectivity index (χ3v) is 4.42. The first-order valence-corrected chi connectivity index (χ1v) is 8.49. The highest BCUT2D eigenvalue weighted by Gasteiger charge is 2.11. The summed E-state index contributed by atoms with van der Waals surface area (Å²) in [5.41, 5.74) is 2.31. The molecular formula is C18H19N3OS. The summed E-state index contributed by atoms with van der Waals surface area (Å²) in [4.78, 5) is 0. The normalized spacial score (nSPS) is 10.7. The summed E-state index contributed by atoms with van der Waals surface area (Å²) < 4.78 is 7.73. The van der Waals surface area contributed by atoms with Gasteiger partial charge in [-0.2, -0.15) is 0 Å². The van der Waals surface area contributed by atoms with Crippen LogP contribution in [0.15, 0.2) is 59.8 Å². The lowest BCUT2D eigenvalue weighted by Crippen LogP contribution is -2.02. The van der Waals surface area contributed by atoms with Crippen LogP contribution < -0.4 is 4.74 Å². The fourth-order valence-electron chi connectivity index (χ4n) is 2.29. The zero-order valence-corrected chi connectivity index (χ0v) is 14.1. The Balaban J connectivity index is 1.59. The van der Waals surface area contributed by atoms with E-state index >= 15 is 0 Å². The van der Waals surface area contributed by atoms with Crippen LogP contribution in [-0.2, 0) is 7.05 Å². The molecule has 0 N–H and O–H groups in total.